The first-order chi connectivity index (χ1) is 4.70. The molecule has 2 atom stereocenters. The van der Waals surface area contributed by atoms with E-state index in [0.717, 1.165) is 0 Å². The molecule has 0 bridgehead atoms. The van der Waals surface area contributed by atoms with E-state index in [1.807, 2.05) is 0 Å². The molecule has 1 rings (SSSR count). The third-order valence-electron chi connectivity index (χ3n) is 1.68. The number of rotatable bonds is 1. The van der Waals surface area contributed by atoms with Crippen molar-refractivity contribution in [1.82, 2.24) is 5.32 Å². The molecule has 0 aromatic carbocycles. The topological polar surface area (TPSA) is 69.6 Å². The van der Waals surface area contributed by atoms with Gasteiger partial charge in [0.05, 0.1) is 12.0 Å². The third kappa shape index (κ3) is 1.68. The van der Waals surface area contributed by atoms with E-state index in [2.05, 4.69) is 5.32 Å². The zero-order valence-electron chi connectivity index (χ0n) is 5.58. The van der Waals surface area contributed by atoms with Gasteiger partial charge in [-0.15, -0.1) is 0 Å². The van der Waals surface area contributed by atoms with Crippen LogP contribution in [-0.4, -0.2) is 35.4 Å². The highest BCUT2D eigenvalue weighted by molar-refractivity contribution is 5.70. The van der Waals surface area contributed by atoms with Gasteiger partial charge in [0.2, 0.25) is 0 Å². The molecule has 4 heteroatoms. The molecule has 0 amide bonds. The van der Waals surface area contributed by atoms with Crippen LogP contribution in [0.3, 0.4) is 0 Å². The second-order valence-electron chi connectivity index (χ2n) is 2.58. The standard InChI is InChI=1S/C6H11NO3/c8-5-1-4(6(9)10)2-7-3-5/h4-5,7-8H,1-3H2,(H,9,10)/t4-,5+/m0/s1. The highest BCUT2D eigenvalue weighted by Crippen LogP contribution is 2.09. The molecule has 4 nitrogen and oxygen atoms in total. The number of carboxylic acid groups (broad SMARTS) is 1. The van der Waals surface area contributed by atoms with Crippen molar-refractivity contribution >= 4 is 5.97 Å². The molecule has 1 aliphatic heterocycles. The molecule has 0 unspecified atom stereocenters. The van der Waals surface area contributed by atoms with Gasteiger partial charge in [-0.05, 0) is 6.42 Å². The van der Waals surface area contributed by atoms with Crippen molar-refractivity contribution in [3.8, 4) is 0 Å². The molecule has 0 spiro atoms. The molecule has 1 heterocycles. The third-order valence-corrected chi connectivity index (χ3v) is 1.68. The van der Waals surface area contributed by atoms with E-state index >= 15 is 0 Å². The van der Waals surface area contributed by atoms with E-state index in [4.69, 9.17) is 10.2 Å². The smallest absolute Gasteiger partial charge is 0.307 e. The van der Waals surface area contributed by atoms with Gasteiger partial charge in [-0.1, -0.05) is 0 Å². The van der Waals surface area contributed by atoms with E-state index in [-0.39, 0.29) is 0 Å². The molecular formula is C6H11NO3. The maximum atomic E-state index is 10.3. The maximum absolute atomic E-state index is 10.3. The summed E-state index contributed by atoms with van der Waals surface area (Å²) >= 11 is 0. The maximum Gasteiger partial charge on any atom is 0.307 e. The molecule has 3 N–H and O–H groups in total. The van der Waals surface area contributed by atoms with Gasteiger partial charge in [0.1, 0.15) is 0 Å². The van der Waals surface area contributed by atoms with E-state index in [0.29, 0.717) is 19.5 Å². The minimum atomic E-state index is -0.828. The molecule has 1 fully saturated rings. The van der Waals surface area contributed by atoms with Gasteiger partial charge < -0.3 is 15.5 Å². The summed E-state index contributed by atoms with van der Waals surface area (Å²) in [6, 6.07) is 0. The van der Waals surface area contributed by atoms with Crippen LogP contribution >= 0.6 is 0 Å². The van der Waals surface area contributed by atoms with E-state index in [9.17, 15) is 4.79 Å². The van der Waals surface area contributed by atoms with Gasteiger partial charge in [0, 0.05) is 13.1 Å². The number of piperidine rings is 1. The van der Waals surface area contributed by atoms with Crippen molar-refractivity contribution in [3.63, 3.8) is 0 Å². The lowest BCUT2D eigenvalue weighted by Gasteiger charge is -2.23. The number of hydrogen-bond donors (Lipinski definition) is 3. The summed E-state index contributed by atoms with van der Waals surface area (Å²) in [5, 5.41) is 20.3. The molecular weight excluding hydrogens is 134 g/mol. The normalized spacial score (nSPS) is 33.7. The van der Waals surface area contributed by atoms with Crippen LogP contribution in [0.5, 0.6) is 0 Å². The number of hydrogen-bond acceptors (Lipinski definition) is 3. The minimum absolute atomic E-state index is 0.377. The Kier molecular flexibility index (Phi) is 2.24. The number of aliphatic hydroxyl groups excluding tert-OH is 1. The Morgan fingerprint density at radius 3 is 2.60 bits per heavy atom. The predicted octanol–water partition coefficient (Wildman–Crippen LogP) is -0.959. The number of carboxylic acids is 1. The van der Waals surface area contributed by atoms with E-state index in [1.165, 1.54) is 0 Å². The monoisotopic (exact) mass is 145 g/mol. The quantitative estimate of drug-likeness (QED) is 0.444. The van der Waals surface area contributed by atoms with Crippen molar-refractivity contribution in [3.05, 3.63) is 0 Å². The van der Waals surface area contributed by atoms with Crippen LogP contribution < -0.4 is 5.32 Å². The van der Waals surface area contributed by atoms with Gasteiger partial charge in [-0.2, -0.15) is 0 Å². The van der Waals surface area contributed by atoms with Crippen LogP contribution in [0, 0.1) is 5.92 Å². The predicted molar refractivity (Wildman–Crippen MR) is 34.6 cm³/mol. The number of nitrogens with one attached hydrogen (secondary N) is 1. The first-order valence-electron chi connectivity index (χ1n) is 3.31. The first kappa shape index (κ1) is 7.50. The molecule has 10 heavy (non-hydrogen) atoms. The number of carbonyl (C=O) groups is 1. The molecule has 1 saturated heterocycles. The summed E-state index contributed by atoms with van der Waals surface area (Å²) < 4.78 is 0. The summed E-state index contributed by atoms with van der Waals surface area (Å²) in [7, 11) is 0. The molecule has 58 valence electrons. The lowest BCUT2D eigenvalue weighted by molar-refractivity contribution is -0.143. The average Bonchev–Trinajstić information content (AvgIpc) is 1.88. The van der Waals surface area contributed by atoms with Gasteiger partial charge >= 0.3 is 5.97 Å². The van der Waals surface area contributed by atoms with Crippen molar-refractivity contribution < 1.29 is 15.0 Å². The molecule has 0 radical (unpaired) electrons. The van der Waals surface area contributed by atoms with Crippen LogP contribution in [0.25, 0.3) is 0 Å². The Morgan fingerprint density at radius 1 is 1.50 bits per heavy atom. The largest absolute Gasteiger partial charge is 0.481 e. The summed E-state index contributed by atoms with van der Waals surface area (Å²) in [6.45, 7) is 0.996. The SMILES string of the molecule is O=C(O)[C@@H]1CNC[C@H](O)C1. The zero-order valence-corrected chi connectivity index (χ0v) is 5.58. The van der Waals surface area contributed by atoms with Crippen LogP contribution in [0.4, 0.5) is 0 Å². The Hall–Kier alpha value is -0.610. The van der Waals surface area contributed by atoms with E-state index in [1.54, 1.807) is 0 Å². The molecule has 0 aliphatic carbocycles. The van der Waals surface area contributed by atoms with Crippen LogP contribution in [0.1, 0.15) is 6.42 Å². The summed E-state index contributed by atoms with van der Waals surface area (Å²) in [6.07, 6.45) is -0.114. The summed E-state index contributed by atoms with van der Waals surface area (Å²) in [5.74, 6) is -1.24. The Labute approximate surface area is 58.9 Å². The summed E-state index contributed by atoms with van der Waals surface area (Å²) in [4.78, 5) is 10.3. The minimum Gasteiger partial charge on any atom is -0.481 e. The Balaban J connectivity index is 2.39. The zero-order chi connectivity index (χ0) is 7.56. The molecule has 1 aliphatic rings. The van der Waals surface area contributed by atoms with Gasteiger partial charge in [-0.3, -0.25) is 4.79 Å². The molecule has 0 aromatic heterocycles. The van der Waals surface area contributed by atoms with E-state index < -0.39 is 18.0 Å². The number of aliphatic carboxylic acids is 1. The van der Waals surface area contributed by atoms with Crippen molar-refractivity contribution in [1.29, 1.82) is 0 Å². The number of aliphatic hydroxyl groups is 1. The number of β-amino-alcohol motifs (C(OH)–C–C–N with tert-alkyl or cyclic N) is 1. The van der Waals surface area contributed by atoms with Crippen LogP contribution in [-0.2, 0) is 4.79 Å². The fraction of sp³-hybridized carbons (Fsp3) is 0.833. The highest BCUT2D eigenvalue weighted by atomic mass is 16.4. The van der Waals surface area contributed by atoms with Gasteiger partial charge in [0.25, 0.3) is 0 Å². The lowest BCUT2D eigenvalue weighted by Crippen LogP contribution is -2.42. The second kappa shape index (κ2) is 2.98. The van der Waals surface area contributed by atoms with Crippen molar-refractivity contribution in [2.24, 2.45) is 5.92 Å². The summed E-state index contributed by atoms with van der Waals surface area (Å²) in [5.41, 5.74) is 0. The highest BCUT2D eigenvalue weighted by Gasteiger charge is 2.24. The van der Waals surface area contributed by atoms with Crippen molar-refractivity contribution in [2.75, 3.05) is 13.1 Å². The molecule has 0 saturated carbocycles. The fourth-order valence-corrected chi connectivity index (χ4v) is 1.11. The molecule has 0 aromatic rings. The van der Waals surface area contributed by atoms with Crippen molar-refractivity contribution in [2.45, 2.75) is 12.5 Å². The Morgan fingerprint density at radius 2 is 2.20 bits per heavy atom. The van der Waals surface area contributed by atoms with Crippen LogP contribution in [0.2, 0.25) is 0 Å². The first-order valence-corrected chi connectivity index (χ1v) is 3.31. The second-order valence-corrected chi connectivity index (χ2v) is 2.58. The van der Waals surface area contributed by atoms with Gasteiger partial charge in [0.15, 0.2) is 0 Å². The van der Waals surface area contributed by atoms with Gasteiger partial charge in [-0.25, -0.2) is 0 Å². The lowest BCUT2D eigenvalue weighted by atomic mass is 9.98. The fourth-order valence-electron chi connectivity index (χ4n) is 1.11. The average molecular weight is 145 g/mol. The Bertz CT molecular complexity index is 137. The van der Waals surface area contributed by atoms with Crippen LogP contribution in [0.15, 0.2) is 0 Å².